The molecule has 0 bridgehead atoms. The second-order valence-corrected chi connectivity index (χ2v) is 8.32. The molecule has 22 heavy (non-hydrogen) atoms. The van der Waals surface area contributed by atoms with Crippen molar-refractivity contribution in [1.29, 1.82) is 0 Å². The van der Waals surface area contributed by atoms with Crippen LogP contribution in [0.1, 0.15) is 24.6 Å². The van der Waals surface area contributed by atoms with Crippen molar-refractivity contribution in [3.63, 3.8) is 0 Å². The van der Waals surface area contributed by atoms with Crippen LogP contribution in [0.3, 0.4) is 0 Å². The van der Waals surface area contributed by atoms with E-state index in [4.69, 9.17) is 11.6 Å². The first-order chi connectivity index (χ1) is 10.4. The first-order valence-corrected chi connectivity index (χ1v) is 9.30. The minimum atomic E-state index is -3.70. The number of rotatable bonds is 4. The number of nitrogens with zero attached hydrogens (tertiary/aromatic N) is 1. The Morgan fingerprint density at radius 1 is 1.36 bits per heavy atom. The lowest BCUT2D eigenvalue weighted by molar-refractivity contribution is 0.602. The Kier molecular flexibility index (Phi) is 3.88. The molecule has 3 rings (SSSR count). The van der Waals surface area contributed by atoms with Crippen LogP contribution in [-0.4, -0.2) is 18.4 Å². The fourth-order valence-corrected chi connectivity index (χ4v) is 4.48. The van der Waals surface area contributed by atoms with Gasteiger partial charge in [-0.1, -0.05) is 25.4 Å². The molecule has 2 N–H and O–H groups in total. The Morgan fingerprint density at radius 2 is 2.14 bits per heavy atom. The molecule has 0 saturated carbocycles. The molecule has 0 saturated heterocycles. The van der Waals surface area contributed by atoms with Crippen LogP contribution in [0.15, 0.2) is 35.5 Å². The zero-order valence-electron chi connectivity index (χ0n) is 11.9. The van der Waals surface area contributed by atoms with Gasteiger partial charge in [-0.25, -0.2) is 13.4 Å². The van der Waals surface area contributed by atoms with Crippen molar-refractivity contribution < 1.29 is 8.42 Å². The van der Waals surface area contributed by atoms with Crippen molar-refractivity contribution in [1.82, 2.24) is 9.97 Å². The van der Waals surface area contributed by atoms with Gasteiger partial charge in [0.2, 0.25) is 0 Å². The third-order valence-corrected chi connectivity index (χ3v) is 6.17. The summed E-state index contributed by atoms with van der Waals surface area (Å²) in [6.45, 7) is 4.07. The van der Waals surface area contributed by atoms with E-state index in [0.29, 0.717) is 27.0 Å². The van der Waals surface area contributed by atoms with Gasteiger partial charge in [0, 0.05) is 33.2 Å². The Labute approximate surface area is 137 Å². The third-order valence-electron chi connectivity index (χ3n) is 3.21. The van der Waals surface area contributed by atoms with E-state index in [1.165, 1.54) is 17.5 Å². The fraction of sp³-hybridized carbons (Fsp3) is 0.214. The quantitative estimate of drug-likeness (QED) is 0.736. The van der Waals surface area contributed by atoms with Crippen molar-refractivity contribution in [2.24, 2.45) is 0 Å². The zero-order chi connectivity index (χ0) is 15.9. The van der Waals surface area contributed by atoms with Crippen molar-refractivity contribution in [2.75, 3.05) is 4.72 Å². The number of sulfonamides is 1. The molecule has 116 valence electrons. The van der Waals surface area contributed by atoms with Gasteiger partial charge < -0.3 is 4.98 Å². The minimum absolute atomic E-state index is 0.181. The summed E-state index contributed by atoms with van der Waals surface area (Å²) >= 11 is 7.25. The summed E-state index contributed by atoms with van der Waals surface area (Å²) in [4.78, 5) is 8.26. The average Bonchev–Trinajstić information content (AvgIpc) is 3.04. The zero-order valence-corrected chi connectivity index (χ0v) is 14.3. The molecule has 0 atom stereocenters. The molecule has 2 aromatic heterocycles. The number of thiazole rings is 1. The van der Waals surface area contributed by atoms with Crippen molar-refractivity contribution in [2.45, 2.75) is 24.7 Å². The Balaban J connectivity index is 1.97. The molecule has 0 fully saturated rings. The maximum atomic E-state index is 12.5. The largest absolute Gasteiger partial charge is 0.360 e. The Hall–Kier alpha value is -1.57. The summed E-state index contributed by atoms with van der Waals surface area (Å²) in [5.74, 6) is 0.311. The first-order valence-electron chi connectivity index (χ1n) is 6.62. The number of hydrogen-bond acceptors (Lipinski definition) is 4. The summed E-state index contributed by atoms with van der Waals surface area (Å²) in [6.07, 6.45) is 3.16. The van der Waals surface area contributed by atoms with Gasteiger partial charge in [-0.15, -0.1) is 11.3 Å². The number of fused-ring (bicyclic) bond motifs is 1. The van der Waals surface area contributed by atoms with Gasteiger partial charge in [-0.3, -0.25) is 4.72 Å². The Morgan fingerprint density at radius 3 is 2.82 bits per heavy atom. The summed E-state index contributed by atoms with van der Waals surface area (Å²) < 4.78 is 27.6. The normalized spacial score (nSPS) is 12.2. The highest BCUT2D eigenvalue weighted by atomic mass is 35.5. The summed E-state index contributed by atoms with van der Waals surface area (Å²) in [5, 5.41) is 1.51. The number of nitrogens with one attached hydrogen (secondary N) is 2. The third kappa shape index (κ3) is 2.84. The predicted molar refractivity (Wildman–Crippen MR) is 90.3 cm³/mol. The lowest BCUT2D eigenvalue weighted by atomic mass is 10.2. The second kappa shape index (κ2) is 5.57. The van der Waals surface area contributed by atoms with E-state index in [-0.39, 0.29) is 4.90 Å². The molecule has 0 amide bonds. The lowest BCUT2D eigenvalue weighted by Crippen LogP contribution is -2.12. The number of halogens is 1. The van der Waals surface area contributed by atoms with E-state index in [9.17, 15) is 8.42 Å². The van der Waals surface area contributed by atoms with Crippen LogP contribution in [0.4, 0.5) is 5.13 Å². The van der Waals surface area contributed by atoms with Crippen LogP contribution in [0.5, 0.6) is 0 Å². The molecule has 0 aliphatic heterocycles. The molecule has 0 aliphatic carbocycles. The van der Waals surface area contributed by atoms with Gasteiger partial charge >= 0.3 is 0 Å². The van der Waals surface area contributed by atoms with E-state index < -0.39 is 10.0 Å². The van der Waals surface area contributed by atoms with E-state index in [1.807, 2.05) is 13.8 Å². The smallest absolute Gasteiger partial charge is 0.265 e. The van der Waals surface area contributed by atoms with Gasteiger partial charge in [0.15, 0.2) is 5.13 Å². The topological polar surface area (TPSA) is 74.8 Å². The average molecular weight is 356 g/mol. The number of aromatic nitrogens is 2. The second-order valence-electron chi connectivity index (χ2n) is 5.17. The number of benzene rings is 1. The van der Waals surface area contributed by atoms with E-state index >= 15 is 0 Å². The molecule has 0 unspecified atom stereocenters. The predicted octanol–water partition coefficient (Wildman–Crippen LogP) is 4.20. The van der Waals surface area contributed by atoms with Gasteiger partial charge in [0.1, 0.15) is 4.90 Å². The first kappa shape index (κ1) is 15.3. The van der Waals surface area contributed by atoms with Crippen molar-refractivity contribution >= 4 is 49.0 Å². The van der Waals surface area contributed by atoms with Gasteiger partial charge in [-0.2, -0.15) is 0 Å². The van der Waals surface area contributed by atoms with E-state index in [0.717, 1.165) is 4.88 Å². The van der Waals surface area contributed by atoms with Crippen molar-refractivity contribution in [3.8, 4) is 0 Å². The molecular weight excluding hydrogens is 342 g/mol. The fourth-order valence-electron chi connectivity index (χ4n) is 2.06. The molecule has 0 aliphatic rings. The van der Waals surface area contributed by atoms with E-state index in [1.54, 1.807) is 24.4 Å². The highest BCUT2D eigenvalue weighted by Crippen LogP contribution is 2.30. The van der Waals surface area contributed by atoms with Crippen LogP contribution < -0.4 is 4.72 Å². The highest BCUT2D eigenvalue weighted by Gasteiger charge is 2.21. The minimum Gasteiger partial charge on any atom is -0.360 e. The maximum Gasteiger partial charge on any atom is 0.265 e. The molecule has 0 spiro atoms. The molecule has 2 heterocycles. The van der Waals surface area contributed by atoms with Crippen LogP contribution in [0.2, 0.25) is 5.02 Å². The monoisotopic (exact) mass is 355 g/mol. The molecule has 8 heteroatoms. The molecule has 5 nitrogen and oxygen atoms in total. The van der Waals surface area contributed by atoms with Crippen LogP contribution in [0.25, 0.3) is 10.9 Å². The van der Waals surface area contributed by atoms with Gasteiger partial charge in [0.25, 0.3) is 10.0 Å². The number of hydrogen-bond donors (Lipinski definition) is 2. The Bertz CT molecular complexity index is 929. The molecule has 0 radical (unpaired) electrons. The maximum absolute atomic E-state index is 12.5. The summed E-state index contributed by atoms with van der Waals surface area (Å²) in [6, 6.07) is 5.04. The standard InChI is InChI=1S/C14H14ClN3O2S2/c1-8(2)12-6-17-14(21-12)18-22(19,20)13-7-16-11-5-9(15)3-4-10(11)13/h3-8,16H,1-2H3,(H,17,18). The number of anilines is 1. The van der Waals surface area contributed by atoms with Crippen LogP contribution >= 0.6 is 22.9 Å². The van der Waals surface area contributed by atoms with Crippen LogP contribution in [-0.2, 0) is 10.0 Å². The molecule has 1 aromatic carbocycles. The van der Waals surface area contributed by atoms with Gasteiger partial charge in [-0.05, 0) is 24.1 Å². The molecular formula is C14H14ClN3O2S2. The number of H-pyrrole nitrogens is 1. The van der Waals surface area contributed by atoms with Gasteiger partial charge in [0.05, 0.1) is 0 Å². The number of aromatic amines is 1. The van der Waals surface area contributed by atoms with Crippen molar-refractivity contribution in [3.05, 3.63) is 40.5 Å². The van der Waals surface area contributed by atoms with E-state index in [2.05, 4.69) is 14.7 Å². The lowest BCUT2D eigenvalue weighted by Gasteiger charge is -2.04. The summed E-state index contributed by atoms with van der Waals surface area (Å²) in [7, 11) is -3.70. The highest BCUT2D eigenvalue weighted by molar-refractivity contribution is 7.93. The molecule has 3 aromatic rings. The van der Waals surface area contributed by atoms with Crippen LogP contribution in [0, 0.1) is 0 Å². The SMILES string of the molecule is CC(C)c1cnc(NS(=O)(=O)c2c[nH]c3cc(Cl)ccc23)s1. The summed E-state index contributed by atoms with van der Waals surface area (Å²) in [5.41, 5.74) is 0.676.